The van der Waals surface area contributed by atoms with E-state index in [1.54, 1.807) is 0 Å². The molecule has 1 amide bonds. The third-order valence-corrected chi connectivity index (χ3v) is 2.74. The van der Waals surface area contributed by atoms with E-state index in [0.717, 1.165) is 11.1 Å². The Labute approximate surface area is 109 Å². The van der Waals surface area contributed by atoms with Crippen molar-refractivity contribution in [3.05, 3.63) is 35.4 Å². The number of aryl methyl sites for hydroxylation is 1. The van der Waals surface area contributed by atoms with Crippen LogP contribution in [0.5, 0.6) is 0 Å². The topological polar surface area (TPSA) is 55.1 Å². The summed E-state index contributed by atoms with van der Waals surface area (Å²) in [5, 5.41) is 2.86. The van der Waals surface area contributed by atoms with Gasteiger partial charge in [-0.15, -0.1) is 12.4 Å². The van der Waals surface area contributed by atoms with Crippen LogP contribution in [0.4, 0.5) is 0 Å². The summed E-state index contributed by atoms with van der Waals surface area (Å²) in [6.07, 6.45) is 0. The first-order valence-electron chi connectivity index (χ1n) is 5.61. The number of amides is 1. The molecule has 0 aromatic heterocycles. The van der Waals surface area contributed by atoms with Crippen LogP contribution < -0.4 is 11.1 Å². The number of nitrogens with one attached hydrogen (secondary N) is 1. The molecule has 0 fully saturated rings. The van der Waals surface area contributed by atoms with Gasteiger partial charge in [0, 0.05) is 18.2 Å². The van der Waals surface area contributed by atoms with Crippen molar-refractivity contribution in [3.8, 4) is 0 Å². The summed E-state index contributed by atoms with van der Waals surface area (Å²) >= 11 is 0. The minimum atomic E-state index is -0.0470. The number of carbonyl (C=O) groups excluding carboxylic acids is 1. The molecular weight excluding hydrogens is 236 g/mol. The minimum Gasteiger partial charge on any atom is -0.350 e. The fourth-order valence-electron chi connectivity index (χ4n) is 1.37. The normalized spacial score (nSPS) is 11.8. The lowest BCUT2D eigenvalue weighted by molar-refractivity contribution is 0.0948. The number of nitrogens with two attached hydrogens (primary N) is 1. The molecule has 0 aliphatic carbocycles. The quantitative estimate of drug-likeness (QED) is 0.867. The summed E-state index contributed by atoms with van der Waals surface area (Å²) in [6, 6.07) is 7.55. The summed E-state index contributed by atoms with van der Waals surface area (Å²) in [5.74, 6) is 0.325. The van der Waals surface area contributed by atoms with Crippen molar-refractivity contribution in [2.45, 2.75) is 26.8 Å². The molecule has 0 aliphatic heterocycles. The second kappa shape index (κ2) is 7.30. The molecule has 96 valence electrons. The van der Waals surface area contributed by atoms with Gasteiger partial charge in [0.15, 0.2) is 0 Å². The van der Waals surface area contributed by atoms with Crippen LogP contribution in [-0.4, -0.2) is 18.5 Å². The first-order chi connectivity index (χ1) is 7.52. The predicted octanol–water partition coefficient (Wildman–Crippen LogP) is 2.13. The number of carbonyl (C=O) groups is 1. The molecule has 0 bridgehead atoms. The molecule has 1 unspecified atom stereocenters. The van der Waals surface area contributed by atoms with Crippen molar-refractivity contribution >= 4 is 18.3 Å². The molecule has 4 heteroatoms. The molecule has 3 nitrogen and oxygen atoms in total. The summed E-state index contributed by atoms with van der Waals surface area (Å²) in [5.41, 5.74) is 7.57. The Morgan fingerprint density at radius 2 is 1.94 bits per heavy atom. The molecule has 0 radical (unpaired) electrons. The smallest absolute Gasteiger partial charge is 0.251 e. The summed E-state index contributed by atoms with van der Waals surface area (Å²) in [7, 11) is 0. The van der Waals surface area contributed by atoms with Gasteiger partial charge in [-0.05, 0) is 24.5 Å². The zero-order valence-electron chi connectivity index (χ0n) is 10.6. The lowest BCUT2D eigenvalue weighted by Gasteiger charge is -2.16. The molecule has 0 saturated carbocycles. The molecule has 1 rings (SSSR count). The molecule has 1 atom stereocenters. The number of rotatable bonds is 4. The maximum Gasteiger partial charge on any atom is 0.251 e. The van der Waals surface area contributed by atoms with Gasteiger partial charge < -0.3 is 11.1 Å². The minimum absolute atomic E-state index is 0. The molecule has 1 aromatic rings. The standard InChI is InChI=1S/C13H20N2O.ClH/c1-9(2)12(14)8-15-13(16)11-7-5-4-6-10(11)3;/h4-7,9,12H,8,14H2,1-3H3,(H,15,16);1H. The van der Waals surface area contributed by atoms with E-state index in [0.29, 0.717) is 12.5 Å². The number of benzene rings is 1. The van der Waals surface area contributed by atoms with Crippen LogP contribution in [0.15, 0.2) is 24.3 Å². The summed E-state index contributed by atoms with van der Waals surface area (Å²) < 4.78 is 0. The Morgan fingerprint density at radius 3 is 2.47 bits per heavy atom. The Morgan fingerprint density at radius 1 is 1.35 bits per heavy atom. The Bertz CT molecular complexity index is 366. The van der Waals surface area contributed by atoms with Crippen LogP contribution in [-0.2, 0) is 0 Å². The molecule has 0 saturated heterocycles. The average molecular weight is 257 g/mol. The van der Waals surface area contributed by atoms with E-state index in [2.05, 4.69) is 5.32 Å². The van der Waals surface area contributed by atoms with Gasteiger partial charge in [-0.25, -0.2) is 0 Å². The van der Waals surface area contributed by atoms with Crippen molar-refractivity contribution in [1.29, 1.82) is 0 Å². The molecule has 0 spiro atoms. The highest BCUT2D eigenvalue weighted by atomic mass is 35.5. The van der Waals surface area contributed by atoms with E-state index >= 15 is 0 Å². The van der Waals surface area contributed by atoms with Gasteiger partial charge in [-0.2, -0.15) is 0 Å². The van der Waals surface area contributed by atoms with Crippen LogP contribution in [0.1, 0.15) is 29.8 Å². The second-order valence-corrected chi connectivity index (χ2v) is 4.43. The van der Waals surface area contributed by atoms with Gasteiger partial charge in [0.05, 0.1) is 0 Å². The van der Waals surface area contributed by atoms with Gasteiger partial charge in [0.25, 0.3) is 5.91 Å². The molecule has 17 heavy (non-hydrogen) atoms. The van der Waals surface area contributed by atoms with E-state index in [1.165, 1.54) is 0 Å². The Hall–Kier alpha value is -1.06. The predicted molar refractivity (Wildman–Crippen MR) is 73.6 cm³/mol. The number of halogens is 1. The highest BCUT2D eigenvalue weighted by Gasteiger charge is 2.11. The average Bonchev–Trinajstić information content (AvgIpc) is 2.25. The van der Waals surface area contributed by atoms with Crippen molar-refractivity contribution in [1.82, 2.24) is 5.32 Å². The van der Waals surface area contributed by atoms with Crippen molar-refractivity contribution in [2.75, 3.05) is 6.54 Å². The molecular formula is C13H21ClN2O. The second-order valence-electron chi connectivity index (χ2n) is 4.43. The molecule has 0 aliphatic rings. The lowest BCUT2D eigenvalue weighted by atomic mass is 10.0. The van der Waals surface area contributed by atoms with E-state index in [-0.39, 0.29) is 24.4 Å². The Kier molecular flexibility index (Phi) is 6.85. The van der Waals surface area contributed by atoms with Gasteiger partial charge in [-0.3, -0.25) is 4.79 Å². The van der Waals surface area contributed by atoms with Crippen LogP contribution in [0.25, 0.3) is 0 Å². The summed E-state index contributed by atoms with van der Waals surface area (Å²) in [6.45, 7) is 6.54. The molecule has 0 heterocycles. The van der Waals surface area contributed by atoms with Crippen molar-refractivity contribution < 1.29 is 4.79 Å². The fraction of sp³-hybridized carbons (Fsp3) is 0.462. The van der Waals surface area contributed by atoms with Crippen LogP contribution >= 0.6 is 12.4 Å². The highest BCUT2D eigenvalue weighted by Crippen LogP contribution is 2.06. The monoisotopic (exact) mass is 256 g/mol. The Balaban J connectivity index is 0.00000256. The fourth-order valence-corrected chi connectivity index (χ4v) is 1.37. The third-order valence-electron chi connectivity index (χ3n) is 2.74. The SMILES string of the molecule is Cc1ccccc1C(=O)NCC(N)C(C)C.Cl. The van der Waals surface area contributed by atoms with Gasteiger partial charge in [0.1, 0.15) is 0 Å². The van der Waals surface area contributed by atoms with Crippen LogP contribution in [0.3, 0.4) is 0 Å². The lowest BCUT2D eigenvalue weighted by Crippen LogP contribution is -2.40. The maximum atomic E-state index is 11.8. The van der Waals surface area contributed by atoms with Crippen molar-refractivity contribution in [2.24, 2.45) is 11.7 Å². The number of hydrogen-bond donors (Lipinski definition) is 2. The maximum absolute atomic E-state index is 11.8. The van der Waals surface area contributed by atoms with Crippen molar-refractivity contribution in [3.63, 3.8) is 0 Å². The zero-order chi connectivity index (χ0) is 12.1. The van der Waals surface area contributed by atoms with Gasteiger partial charge in [-0.1, -0.05) is 32.0 Å². The van der Waals surface area contributed by atoms with Gasteiger partial charge in [0.2, 0.25) is 0 Å². The van der Waals surface area contributed by atoms with E-state index in [9.17, 15) is 4.79 Å². The van der Waals surface area contributed by atoms with E-state index < -0.39 is 0 Å². The first kappa shape index (κ1) is 15.9. The van der Waals surface area contributed by atoms with E-state index in [1.807, 2.05) is 45.0 Å². The molecule has 1 aromatic carbocycles. The first-order valence-corrected chi connectivity index (χ1v) is 5.61. The van der Waals surface area contributed by atoms with Crippen LogP contribution in [0.2, 0.25) is 0 Å². The van der Waals surface area contributed by atoms with Crippen LogP contribution in [0, 0.1) is 12.8 Å². The molecule has 3 N–H and O–H groups in total. The zero-order valence-corrected chi connectivity index (χ0v) is 11.4. The van der Waals surface area contributed by atoms with E-state index in [4.69, 9.17) is 5.73 Å². The highest BCUT2D eigenvalue weighted by molar-refractivity contribution is 5.95. The van der Waals surface area contributed by atoms with Gasteiger partial charge >= 0.3 is 0 Å². The largest absolute Gasteiger partial charge is 0.350 e. The number of hydrogen-bond acceptors (Lipinski definition) is 2. The summed E-state index contributed by atoms with van der Waals surface area (Å²) in [4.78, 5) is 11.8. The third kappa shape index (κ3) is 4.75.